The summed E-state index contributed by atoms with van der Waals surface area (Å²) in [4.78, 5) is 36.6. The van der Waals surface area contributed by atoms with Gasteiger partial charge in [0.15, 0.2) is 6.23 Å². The van der Waals surface area contributed by atoms with Crippen LogP contribution in [0.25, 0.3) is 0 Å². The van der Waals surface area contributed by atoms with Crippen LogP contribution in [0.15, 0.2) is 27.6 Å². The molecule has 0 fully saturated rings. The van der Waals surface area contributed by atoms with Crippen molar-refractivity contribution in [2.24, 2.45) is 0 Å². The summed E-state index contributed by atoms with van der Waals surface area (Å²) >= 11 is 0. The maximum atomic E-state index is 11.7. The van der Waals surface area contributed by atoms with Crippen LogP contribution in [-0.4, -0.2) is 22.1 Å². The number of nitrogens with zero attached hydrogens (tertiary/aromatic N) is 1. The summed E-state index contributed by atoms with van der Waals surface area (Å²) in [6.45, 7) is 3.53. The van der Waals surface area contributed by atoms with Crippen molar-refractivity contribution in [3.05, 3.63) is 44.4 Å². The van der Waals surface area contributed by atoms with Crippen molar-refractivity contribution in [2.75, 3.05) is 6.61 Å². The van der Waals surface area contributed by atoms with Gasteiger partial charge in [-0.15, -0.1) is 0 Å². The van der Waals surface area contributed by atoms with Gasteiger partial charge >= 0.3 is 11.7 Å². The molecule has 0 saturated carbocycles. The minimum atomic E-state index is -0.637. The molecule has 0 radical (unpaired) electrons. The van der Waals surface area contributed by atoms with E-state index in [0.29, 0.717) is 12.0 Å². The van der Waals surface area contributed by atoms with Crippen LogP contribution >= 0.6 is 0 Å². The first-order valence-corrected chi connectivity index (χ1v) is 5.89. The van der Waals surface area contributed by atoms with Gasteiger partial charge in [-0.1, -0.05) is 0 Å². The van der Waals surface area contributed by atoms with Crippen molar-refractivity contribution in [2.45, 2.75) is 26.5 Å². The van der Waals surface area contributed by atoms with Crippen molar-refractivity contribution in [3.63, 3.8) is 0 Å². The summed E-state index contributed by atoms with van der Waals surface area (Å²) < 4.78 is 11.4. The molecular weight excluding hydrogens is 252 g/mol. The first-order chi connectivity index (χ1) is 9.02. The molecule has 0 spiro atoms. The van der Waals surface area contributed by atoms with Crippen LogP contribution in [0, 0.1) is 6.92 Å². The summed E-state index contributed by atoms with van der Waals surface area (Å²) in [6.07, 6.45) is 2.70. The molecule has 7 heteroatoms. The topological polar surface area (TPSA) is 90.4 Å². The predicted octanol–water partition coefficient (Wildman–Crippen LogP) is 0.211. The van der Waals surface area contributed by atoms with Crippen molar-refractivity contribution in [1.82, 2.24) is 9.55 Å². The number of hydrogen-bond acceptors (Lipinski definition) is 5. The highest BCUT2D eigenvalue weighted by molar-refractivity contribution is 5.86. The van der Waals surface area contributed by atoms with E-state index >= 15 is 0 Å². The smallest absolute Gasteiger partial charge is 0.373 e. The monoisotopic (exact) mass is 266 g/mol. The van der Waals surface area contributed by atoms with Crippen LogP contribution in [0.3, 0.4) is 0 Å². The normalized spacial score (nSPS) is 17.8. The summed E-state index contributed by atoms with van der Waals surface area (Å²) in [5, 5.41) is 0. The van der Waals surface area contributed by atoms with Crippen LogP contribution in [0.5, 0.6) is 0 Å². The number of ether oxygens (including phenoxy) is 2. The summed E-state index contributed by atoms with van der Waals surface area (Å²) in [6, 6.07) is 0. The average Bonchev–Trinajstić information content (AvgIpc) is 2.83. The molecule has 0 aliphatic carbocycles. The van der Waals surface area contributed by atoms with E-state index in [9.17, 15) is 14.4 Å². The highest BCUT2D eigenvalue weighted by Gasteiger charge is 2.26. The van der Waals surface area contributed by atoms with Crippen LogP contribution in [0.4, 0.5) is 0 Å². The third-order valence-corrected chi connectivity index (χ3v) is 2.70. The molecule has 0 saturated heterocycles. The number of nitrogens with one attached hydrogen (secondary N) is 1. The number of aromatic nitrogens is 2. The standard InChI is InChI=1S/C12H14N2O5/c1-3-18-11(16)8-4-5-9(19-8)14-6-7(2)10(15)13-12(14)17/h4,6,9H,3,5H2,1-2H3,(H,13,15,17)/t9-/m1/s1. The fraction of sp³-hybridized carbons (Fsp3) is 0.417. The molecule has 0 unspecified atom stereocenters. The van der Waals surface area contributed by atoms with Crippen LogP contribution in [0.2, 0.25) is 0 Å². The molecule has 1 aliphatic rings. The molecule has 19 heavy (non-hydrogen) atoms. The molecule has 1 aromatic rings. The fourth-order valence-electron chi connectivity index (χ4n) is 1.75. The maximum absolute atomic E-state index is 11.7. The van der Waals surface area contributed by atoms with E-state index < -0.39 is 23.4 Å². The molecular formula is C12H14N2O5. The lowest BCUT2D eigenvalue weighted by molar-refractivity contribution is -0.143. The number of H-pyrrole nitrogens is 1. The Labute approximate surface area is 108 Å². The molecule has 0 bridgehead atoms. The Morgan fingerprint density at radius 2 is 2.32 bits per heavy atom. The van der Waals surface area contributed by atoms with Gasteiger partial charge in [0.05, 0.1) is 6.61 Å². The minimum absolute atomic E-state index is 0.0857. The van der Waals surface area contributed by atoms with E-state index in [2.05, 4.69) is 4.98 Å². The SMILES string of the molecule is CCOC(=O)C1=CC[C@H](n2cc(C)c(=O)[nH]c2=O)O1. The zero-order valence-corrected chi connectivity index (χ0v) is 10.6. The molecule has 0 aromatic carbocycles. The van der Waals surface area contributed by atoms with Gasteiger partial charge in [0.1, 0.15) is 0 Å². The van der Waals surface area contributed by atoms with Crippen LogP contribution in [-0.2, 0) is 14.3 Å². The Hall–Kier alpha value is -2.31. The van der Waals surface area contributed by atoms with Gasteiger partial charge in [-0.2, -0.15) is 0 Å². The van der Waals surface area contributed by atoms with Crippen molar-refractivity contribution in [3.8, 4) is 0 Å². The molecule has 1 atom stereocenters. The lowest BCUT2D eigenvalue weighted by Crippen LogP contribution is -2.33. The number of aromatic amines is 1. The molecule has 2 rings (SSSR count). The number of carbonyl (C=O) groups is 1. The zero-order valence-electron chi connectivity index (χ0n) is 10.6. The summed E-state index contributed by atoms with van der Waals surface area (Å²) in [5.41, 5.74) is -0.607. The molecule has 1 aromatic heterocycles. The number of hydrogen-bond donors (Lipinski definition) is 1. The maximum Gasteiger partial charge on any atom is 0.373 e. The van der Waals surface area contributed by atoms with Gasteiger partial charge in [-0.05, 0) is 19.9 Å². The van der Waals surface area contributed by atoms with Gasteiger partial charge in [-0.25, -0.2) is 9.59 Å². The van der Waals surface area contributed by atoms with E-state index in [0.717, 1.165) is 0 Å². The zero-order chi connectivity index (χ0) is 14.0. The third kappa shape index (κ3) is 2.59. The third-order valence-electron chi connectivity index (χ3n) is 2.70. The highest BCUT2D eigenvalue weighted by atomic mass is 16.6. The predicted molar refractivity (Wildman–Crippen MR) is 65.5 cm³/mol. The molecule has 1 N–H and O–H groups in total. The van der Waals surface area contributed by atoms with Crippen LogP contribution < -0.4 is 11.2 Å². The molecule has 1 aliphatic heterocycles. The van der Waals surface area contributed by atoms with Gasteiger partial charge in [-0.3, -0.25) is 14.3 Å². The van der Waals surface area contributed by atoms with E-state index in [1.54, 1.807) is 19.9 Å². The number of rotatable bonds is 3. The van der Waals surface area contributed by atoms with Crippen LogP contribution in [0.1, 0.15) is 25.1 Å². The van der Waals surface area contributed by atoms with Gasteiger partial charge in [0.25, 0.3) is 5.56 Å². The average molecular weight is 266 g/mol. The Kier molecular flexibility index (Phi) is 3.55. The van der Waals surface area contributed by atoms with Gasteiger partial charge in [0, 0.05) is 18.2 Å². The Balaban J connectivity index is 2.20. The van der Waals surface area contributed by atoms with Crippen molar-refractivity contribution < 1.29 is 14.3 Å². The summed E-state index contributed by atoms with van der Waals surface area (Å²) in [5.74, 6) is -0.471. The highest BCUT2D eigenvalue weighted by Crippen LogP contribution is 2.25. The van der Waals surface area contributed by atoms with E-state index in [1.165, 1.54) is 10.8 Å². The molecule has 102 valence electrons. The first-order valence-electron chi connectivity index (χ1n) is 5.89. The number of carbonyl (C=O) groups excluding carboxylic acids is 1. The van der Waals surface area contributed by atoms with E-state index in [-0.39, 0.29) is 12.4 Å². The first kappa shape index (κ1) is 13.1. The van der Waals surface area contributed by atoms with Crippen molar-refractivity contribution in [1.29, 1.82) is 0 Å². The number of esters is 1. The number of aryl methyl sites for hydroxylation is 1. The minimum Gasteiger partial charge on any atom is -0.462 e. The van der Waals surface area contributed by atoms with E-state index in [4.69, 9.17) is 9.47 Å². The largest absolute Gasteiger partial charge is 0.462 e. The second-order valence-corrected chi connectivity index (χ2v) is 4.08. The molecule has 0 amide bonds. The van der Waals surface area contributed by atoms with E-state index in [1.807, 2.05) is 0 Å². The lowest BCUT2D eigenvalue weighted by Gasteiger charge is -2.15. The van der Waals surface area contributed by atoms with Gasteiger partial charge in [0.2, 0.25) is 5.76 Å². The second kappa shape index (κ2) is 5.13. The Morgan fingerprint density at radius 1 is 1.58 bits per heavy atom. The molecule has 2 heterocycles. The summed E-state index contributed by atoms with van der Waals surface area (Å²) in [7, 11) is 0. The second-order valence-electron chi connectivity index (χ2n) is 4.08. The molecule has 7 nitrogen and oxygen atoms in total. The Morgan fingerprint density at radius 3 is 3.00 bits per heavy atom. The Bertz CT molecular complexity index is 640. The fourth-order valence-corrected chi connectivity index (χ4v) is 1.75. The van der Waals surface area contributed by atoms with Crippen molar-refractivity contribution >= 4 is 5.97 Å². The lowest BCUT2D eigenvalue weighted by atomic mass is 10.3. The quantitative estimate of drug-likeness (QED) is 0.790. The van der Waals surface area contributed by atoms with Gasteiger partial charge < -0.3 is 9.47 Å².